The van der Waals surface area contributed by atoms with Gasteiger partial charge in [-0.3, -0.25) is 9.69 Å². The molecule has 0 aliphatic rings. The van der Waals surface area contributed by atoms with Crippen molar-refractivity contribution in [1.29, 1.82) is 0 Å². The van der Waals surface area contributed by atoms with Crippen molar-refractivity contribution in [3.05, 3.63) is 35.4 Å². The zero-order valence-electron chi connectivity index (χ0n) is 16.3. The lowest BCUT2D eigenvalue weighted by Crippen LogP contribution is -2.37. The summed E-state index contributed by atoms with van der Waals surface area (Å²) in [6, 6.07) is 6.94. The molecule has 0 unspecified atom stereocenters. The first-order chi connectivity index (χ1) is 12.7. The van der Waals surface area contributed by atoms with Crippen LogP contribution in [0.4, 0.5) is 4.79 Å². The number of aliphatic hydroxyl groups is 2. The lowest BCUT2D eigenvalue weighted by molar-refractivity contribution is 0.0523. The van der Waals surface area contributed by atoms with Gasteiger partial charge in [0, 0.05) is 38.3 Å². The van der Waals surface area contributed by atoms with Gasteiger partial charge >= 0.3 is 6.09 Å². The minimum Gasteiger partial charge on any atom is -0.444 e. The maximum absolute atomic E-state index is 12.2. The molecule has 0 saturated carbocycles. The second-order valence-corrected chi connectivity index (χ2v) is 7.10. The molecule has 27 heavy (non-hydrogen) atoms. The van der Waals surface area contributed by atoms with Crippen LogP contribution in [0.1, 0.15) is 36.7 Å². The smallest absolute Gasteiger partial charge is 0.407 e. The molecule has 2 amide bonds. The number of ether oxygens (including phenoxy) is 1. The molecule has 0 aliphatic carbocycles. The fourth-order valence-electron chi connectivity index (χ4n) is 2.31. The second-order valence-electron chi connectivity index (χ2n) is 7.10. The first kappa shape index (κ1) is 22.9. The SMILES string of the molecule is CC(C)(C)OC(=O)NCc1ccc(C(=O)NCCN(CCO)CCO)cc1. The number of carbonyl (C=O) groups is 2. The molecule has 0 atom stereocenters. The summed E-state index contributed by atoms with van der Waals surface area (Å²) in [5.74, 6) is -0.199. The van der Waals surface area contributed by atoms with E-state index in [4.69, 9.17) is 14.9 Å². The Hall–Kier alpha value is -2.16. The third kappa shape index (κ3) is 9.93. The molecular formula is C19H31N3O5. The Bertz CT molecular complexity index is 578. The van der Waals surface area contributed by atoms with Gasteiger partial charge in [0.25, 0.3) is 5.91 Å². The van der Waals surface area contributed by atoms with E-state index in [1.54, 1.807) is 45.0 Å². The molecule has 0 fully saturated rings. The van der Waals surface area contributed by atoms with E-state index in [-0.39, 0.29) is 19.1 Å². The molecule has 1 rings (SSSR count). The van der Waals surface area contributed by atoms with Crippen molar-refractivity contribution >= 4 is 12.0 Å². The van der Waals surface area contributed by atoms with Crippen LogP contribution >= 0.6 is 0 Å². The van der Waals surface area contributed by atoms with Gasteiger partial charge in [0.2, 0.25) is 0 Å². The standard InChI is InChI=1S/C19H31N3O5/c1-19(2,3)27-18(26)21-14-15-4-6-16(7-5-15)17(25)20-8-9-22(10-12-23)11-13-24/h4-7,23-24H,8-14H2,1-3H3,(H,20,25)(H,21,26). The summed E-state index contributed by atoms with van der Waals surface area (Å²) in [5.41, 5.74) is 0.831. The molecule has 152 valence electrons. The molecule has 0 radical (unpaired) electrons. The highest BCUT2D eigenvalue weighted by Gasteiger charge is 2.15. The predicted molar refractivity (Wildman–Crippen MR) is 102 cm³/mol. The number of carbonyl (C=O) groups excluding carboxylic acids is 2. The van der Waals surface area contributed by atoms with Crippen molar-refractivity contribution in [1.82, 2.24) is 15.5 Å². The second kappa shape index (κ2) is 11.5. The van der Waals surface area contributed by atoms with E-state index in [9.17, 15) is 9.59 Å². The zero-order chi connectivity index (χ0) is 20.3. The Balaban J connectivity index is 2.41. The highest BCUT2D eigenvalue weighted by Crippen LogP contribution is 2.08. The Labute approximate surface area is 160 Å². The van der Waals surface area contributed by atoms with Crippen LogP contribution in [0.15, 0.2) is 24.3 Å². The van der Waals surface area contributed by atoms with Gasteiger partial charge in [-0.25, -0.2) is 4.79 Å². The van der Waals surface area contributed by atoms with Gasteiger partial charge in [0.1, 0.15) is 5.60 Å². The molecule has 0 bridgehead atoms. The first-order valence-electron chi connectivity index (χ1n) is 9.03. The Morgan fingerprint density at radius 3 is 2.11 bits per heavy atom. The fraction of sp³-hybridized carbons (Fsp3) is 0.579. The summed E-state index contributed by atoms with van der Waals surface area (Å²) in [6.07, 6.45) is -0.486. The van der Waals surface area contributed by atoms with Gasteiger partial charge < -0.3 is 25.6 Å². The molecule has 0 heterocycles. The van der Waals surface area contributed by atoms with Crippen LogP contribution in [0.25, 0.3) is 0 Å². The van der Waals surface area contributed by atoms with E-state index in [0.29, 0.717) is 38.3 Å². The van der Waals surface area contributed by atoms with Crippen molar-refractivity contribution in [3.63, 3.8) is 0 Å². The van der Waals surface area contributed by atoms with Gasteiger partial charge in [-0.15, -0.1) is 0 Å². The molecule has 0 aromatic heterocycles. The Morgan fingerprint density at radius 2 is 1.59 bits per heavy atom. The number of benzene rings is 1. The number of rotatable bonds is 10. The number of nitrogens with zero attached hydrogens (tertiary/aromatic N) is 1. The van der Waals surface area contributed by atoms with Gasteiger partial charge in [0.05, 0.1) is 13.2 Å². The van der Waals surface area contributed by atoms with Gasteiger partial charge in [0.15, 0.2) is 0 Å². The molecule has 8 nitrogen and oxygen atoms in total. The fourth-order valence-corrected chi connectivity index (χ4v) is 2.31. The average Bonchev–Trinajstić information content (AvgIpc) is 2.59. The number of hydrogen-bond acceptors (Lipinski definition) is 6. The summed E-state index contributed by atoms with van der Waals surface area (Å²) in [7, 11) is 0. The van der Waals surface area contributed by atoms with E-state index in [1.165, 1.54) is 0 Å². The maximum Gasteiger partial charge on any atom is 0.407 e. The highest BCUT2D eigenvalue weighted by atomic mass is 16.6. The third-order valence-corrected chi connectivity index (χ3v) is 3.60. The minimum atomic E-state index is -0.546. The van der Waals surface area contributed by atoms with Crippen LogP contribution in [0.3, 0.4) is 0 Å². The van der Waals surface area contributed by atoms with Crippen LogP contribution in [-0.4, -0.2) is 72.1 Å². The highest BCUT2D eigenvalue weighted by molar-refractivity contribution is 5.94. The monoisotopic (exact) mass is 381 g/mol. The lowest BCUT2D eigenvalue weighted by atomic mass is 10.1. The molecule has 0 saturated heterocycles. The third-order valence-electron chi connectivity index (χ3n) is 3.60. The van der Waals surface area contributed by atoms with Crippen LogP contribution in [0.2, 0.25) is 0 Å². The Morgan fingerprint density at radius 1 is 1.00 bits per heavy atom. The topological polar surface area (TPSA) is 111 Å². The minimum absolute atomic E-state index is 0.00669. The average molecular weight is 381 g/mol. The van der Waals surface area contributed by atoms with Crippen molar-refractivity contribution < 1.29 is 24.5 Å². The number of alkyl carbamates (subject to hydrolysis) is 1. The van der Waals surface area contributed by atoms with E-state index in [2.05, 4.69) is 10.6 Å². The van der Waals surface area contributed by atoms with Crippen molar-refractivity contribution in [2.75, 3.05) is 39.4 Å². The van der Waals surface area contributed by atoms with E-state index >= 15 is 0 Å². The summed E-state index contributed by atoms with van der Waals surface area (Å²) in [5, 5.41) is 23.4. The van der Waals surface area contributed by atoms with E-state index in [0.717, 1.165) is 5.56 Å². The van der Waals surface area contributed by atoms with Crippen molar-refractivity contribution in [3.8, 4) is 0 Å². The molecule has 4 N–H and O–H groups in total. The predicted octanol–water partition coefficient (Wildman–Crippen LogP) is 0.728. The molecule has 0 aliphatic heterocycles. The number of aliphatic hydroxyl groups excluding tert-OH is 2. The summed E-state index contributed by atoms with van der Waals surface area (Å²) >= 11 is 0. The summed E-state index contributed by atoms with van der Waals surface area (Å²) < 4.78 is 5.17. The van der Waals surface area contributed by atoms with E-state index in [1.807, 2.05) is 4.90 Å². The maximum atomic E-state index is 12.2. The van der Waals surface area contributed by atoms with Crippen LogP contribution in [-0.2, 0) is 11.3 Å². The largest absolute Gasteiger partial charge is 0.444 e. The van der Waals surface area contributed by atoms with Crippen molar-refractivity contribution in [2.24, 2.45) is 0 Å². The van der Waals surface area contributed by atoms with E-state index < -0.39 is 11.7 Å². The first-order valence-corrected chi connectivity index (χ1v) is 9.03. The van der Waals surface area contributed by atoms with Gasteiger partial charge in [-0.2, -0.15) is 0 Å². The molecule has 0 spiro atoms. The number of amides is 2. The molecule has 1 aromatic carbocycles. The zero-order valence-corrected chi connectivity index (χ0v) is 16.3. The van der Waals surface area contributed by atoms with Crippen LogP contribution in [0, 0.1) is 0 Å². The summed E-state index contributed by atoms with van der Waals surface area (Å²) in [4.78, 5) is 25.7. The molecular weight excluding hydrogens is 350 g/mol. The quantitative estimate of drug-likeness (QED) is 0.475. The lowest BCUT2D eigenvalue weighted by Gasteiger charge is -2.20. The van der Waals surface area contributed by atoms with Crippen molar-refractivity contribution in [2.45, 2.75) is 32.9 Å². The van der Waals surface area contributed by atoms with Gasteiger partial charge in [-0.05, 0) is 38.5 Å². The molecule has 1 aromatic rings. The molecule has 8 heteroatoms. The Kier molecular flexibility index (Phi) is 9.77. The summed E-state index contributed by atoms with van der Waals surface area (Å²) in [6.45, 7) is 7.59. The van der Waals surface area contributed by atoms with Crippen LogP contribution < -0.4 is 10.6 Å². The number of hydrogen-bond donors (Lipinski definition) is 4. The van der Waals surface area contributed by atoms with Crippen LogP contribution in [0.5, 0.6) is 0 Å². The normalized spacial score (nSPS) is 11.3. The number of nitrogens with one attached hydrogen (secondary N) is 2. The van der Waals surface area contributed by atoms with Gasteiger partial charge in [-0.1, -0.05) is 12.1 Å².